The molecule has 3 aliphatic rings. The van der Waals surface area contributed by atoms with Crippen LogP contribution in [0.5, 0.6) is 5.75 Å². The molecule has 0 radical (unpaired) electrons. The number of rotatable bonds is 5. The second-order valence-corrected chi connectivity index (χ2v) is 10.8. The zero-order valence-corrected chi connectivity index (χ0v) is 20.4. The predicted molar refractivity (Wildman–Crippen MR) is 127 cm³/mol. The number of fused-ring (bicyclic) bond motifs is 3. The second kappa shape index (κ2) is 10.0. The Morgan fingerprint density at radius 1 is 0.892 bits per heavy atom. The van der Waals surface area contributed by atoms with Crippen LogP contribution in [0.15, 0.2) is 30.3 Å². The highest BCUT2D eigenvalue weighted by Crippen LogP contribution is 2.44. The Morgan fingerprint density at radius 3 is 2.16 bits per heavy atom. The van der Waals surface area contributed by atoms with Crippen LogP contribution in [0.4, 0.5) is 26.3 Å². The van der Waals surface area contributed by atoms with E-state index in [4.69, 9.17) is 4.74 Å². The number of alkyl halides is 6. The Morgan fingerprint density at radius 2 is 1.57 bits per heavy atom. The number of ether oxygens (including phenoxy) is 1. The SMILES string of the molecule is N#CC1CC2CCC(C1)N2CCc1ccc2c(C(F)(F)F)c(OC3CCC(C(F)(F)F)CC3)ccc2c1. The van der Waals surface area contributed by atoms with Gasteiger partial charge in [0.15, 0.2) is 0 Å². The summed E-state index contributed by atoms with van der Waals surface area (Å²) in [5.41, 5.74) is 0.0766. The molecule has 3 nitrogen and oxygen atoms in total. The summed E-state index contributed by atoms with van der Waals surface area (Å²) in [5, 5.41) is 9.78. The fraction of sp³-hybridized carbons (Fsp3) is 0.607. The Labute approximate surface area is 212 Å². The lowest BCUT2D eigenvalue weighted by Crippen LogP contribution is -2.43. The molecule has 2 atom stereocenters. The summed E-state index contributed by atoms with van der Waals surface area (Å²) in [5.74, 6) is -1.62. The van der Waals surface area contributed by atoms with Gasteiger partial charge in [-0.2, -0.15) is 31.6 Å². The van der Waals surface area contributed by atoms with E-state index in [-0.39, 0.29) is 42.7 Å². The lowest BCUT2D eigenvalue weighted by molar-refractivity contribution is -0.185. The van der Waals surface area contributed by atoms with E-state index in [2.05, 4.69) is 11.0 Å². The third-order valence-electron chi connectivity index (χ3n) is 8.49. The Bertz CT molecular complexity index is 1150. The summed E-state index contributed by atoms with van der Waals surface area (Å²) in [6.07, 6.45) is -5.06. The van der Waals surface area contributed by atoms with Crippen LogP contribution < -0.4 is 4.74 Å². The number of nitriles is 1. The molecule has 0 amide bonds. The standard InChI is InChI=1S/C28H30F6N2O/c29-27(30,31)20-3-7-23(8-4-20)37-25-10-2-19-13-17(1-9-24(19)26(25)28(32,33)34)11-12-36-21-5-6-22(36)15-18(14-21)16-35/h1-2,9-10,13,18,20-23H,3-8,11-12,14-15H2. The molecule has 37 heavy (non-hydrogen) atoms. The van der Waals surface area contributed by atoms with Crippen molar-refractivity contribution in [2.45, 2.75) is 88.3 Å². The first kappa shape index (κ1) is 26.1. The minimum absolute atomic E-state index is 0.0348. The molecule has 3 fully saturated rings. The van der Waals surface area contributed by atoms with Gasteiger partial charge in [-0.25, -0.2) is 0 Å². The summed E-state index contributed by atoms with van der Waals surface area (Å²) in [7, 11) is 0. The first-order valence-corrected chi connectivity index (χ1v) is 13.0. The average molecular weight is 525 g/mol. The molecule has 0 aromatic heterocycles. The maximum absolute atomic E-state index is 14.1. The third kappa shape index (κ3) is 5.55. The molecule has 2 unspecified atom stereocenters. The highest BCUT2D eigenvalue weighted by Gasteiger charge is 2.43. The van der Waals surface area contributed by atoms with E-state index >= 15 is 0 Å². The lowest BCUT2D eigenvalue weighted by atomic mass is 9.87. The van der Waals surface area contributed by atoms with Gasteiger partial charge in [-0.05, 0) is 80.2 Å². The van der Waals surface area contributed by atoms with E-state index in [1.54, 1.807) is 18.2 Å². The maximum Gasteiger partial charge on any atom is 0.420 e. The molecule has 2 bridgehead atoms. The molecule has 2 aromatic carbocycles. The monoisotopic (exact) mass is 524 g/mol. The molecule has 200 valence electrons. The molecule has 5 rings (SSSR count). The van der Waals surface area contributed by atoms with Crippen LogP contribution in [-0.4, -0.2) is 35.8 Å². The van der Waals surface area contributed by atoms with Gasteiger partial charge < -0.3 is 4.74 Å². The van der Waals surface area contributed by atoms with Crippen molar-refractivity contribution < 1.29 is 31.1 Å². The van der Waals surface area contributed by atoms with Gasteiger partial charge in [0.1, 0.15) is 11.3 Å². The van der Waals surface area contributed by atoms with E-state index in [1.165, 1.54) is 12.1 Å². The normalized spacial score (nSPS) is 28.8. The zero-order valence-electron chi connectivity index (χ0n) is 20.4. The van der Waals surface area contributed by atoms with Crippen LogP contribution in [0.3, 0.4) is 0 Å². The van der Waals surface area contributed by atoms with Crippen LogP contribution in [0.1, 0.15) is 62.5 Å². The van der Waals surface area contributed by atoms with Gasteiger partial charge in [0.25, 0.3) is 0 Å². The molecule has 2 aliphatic heterocycles. The number of nitrogens with zero attached hydrogens (tertiary/aromatic N) is 2. The fourth-order valence-corrected chi connectivity index (χ4v) is 6.60. The van der Waals surface area contributed by atoms with Crippen molar-refractivity contribution in [2.75, 3.05) is 6.54 Å². The summed E-state index contributed by atoms with van der Waals surface area (Å²) < 4.78 is 86.9. The number of hydrogen-bond donors (Lipinski definition) is 0. The van der Waals surface area contributed by atoms with Crippen LogP contribution in [0, 0.1) is 23.2 Å². The van der Waals surface area contributed by atoms with E-state index in [9.17, 15) is 31.6 Å². The van der Waals surface area contributed by atoms with Crippen molar-refractivity contribution in [1.29, 1.82) is 5.26 Å². The number of halogens is 6. The average Bonchev–Trinajstić information content (AvgIpc) is 3.08. The van der Waals surface area contributed by atoms with E-state index in [1.807, 2.05) is 0 Å². The van der Waals surface area contributed by atoms with Crippen LogP contribution >= 0.6 is 0 Å². The molecule has 2 saturated heterocycles. The smallest absolute Gasteiger partial charge is 0.420 e. The molecule has 1 saturated carbocycles. The van der Waals surface area contributed by atoms with Crippen molar-refractivity contribution in [2.24, 2.45) is 11.8 Å². The van der Waals surface area contributed by atoms with Crippen molar-refractivity contribution in [3.05, 3.63) is 41.5 Å². The van der Waals surface area contributed by atoms with Crippen LogP contribution in [0.2, 0.25) is 0 Å². The molecular formula is C28H30F6N2O. The first-order valence-electron chi connectivity index (χ1n) is 13.0. The Hall–Kier alpha value is -2.47. The van der Waals surface area contributed by atoms with Gasteiger partial charge in [-0.15, -0.1) is 0 Å². The second-order valence-electron chi connectivity index (χ2n) is 10.8. The van der Waals surface area contributed by atoms with Crippen molar-refractivity contribution >= 4 is 10.8 Å². The zero-order chi connectivity index (χ0) is 26.4. The number of benzene rings is 2. The third-order valence-corrected chi connectivity index (χ3v) is 8.49. The molecule has 0 N–H and O–H groups in total. The molecule has 0 spiro atoms. The van der Waals surface area contributed by atoms with Gasteiger partial charge in [-0.3, -0.25) is 4.90 Å². The topological polar surface area (TPSA) is 36.3 Å². The van der Waals surface area contributed by atoms with Gasteiger partial charge in [0, 0.05) is 24.5 Å². The van der Waals surface area contributed by atoms with Gasteiger partial charge in [0.05, 0.1) is 18.1 Å². The van der Waals surface area contributed by atoms with Gasteiger partial charge >= 0.3 is 12.4 Å². The molecule has 1 aliphatic carbocycles. The quantitative estimate of drug-likeness (QED) is 0.377. The largest absolute Gasteiger partial charge is 0.490 e. The molecule has 2 heterocycles. The number of piperidine rings is 1. The Balaban J connectivity index is 1.31. The van der Waals surface area contributed by atoms with Crippen molar-refractivity contribution in [1.82, 2.24) is 4.90 Å². The highest BCUT2D eigenvalue weighted by molar-refractivity contribution is 5.89. The lowest BCUT2D eigenvalue weighted by Gasteiger charge is -2.36. The van der Waals surface area contributed by atoms with E-state index in [0.717, 1.165) is 37.8 Å². The van der Waals surface area contributed by atoms with Crippen LogP contribution in [0.25, 0.3) is 10.8 Å². The van der Waals surface area contributed by atoms with Crippen molar-refractivity contribution in [3.63, 3.8) is 0 Å². The fourth-order valence-electron chi connectivity index (χ4n) is 6.60. The minimum atomic E-state index is -4.66. The number of hydrogen-bond acceptors (Lipinski definition) is 3. The molecule has 2 aromatic rings. The highest BCUT2D eigenvalue weighted by atomic mass is 19.4. The molecular weight excluding hydrogens is 494 g/mol. The maximum atomic E-state index is 14.1. The van der Waals surface area contributed by atoms with Crippen LogP contribution in [-0.2, 0) is 12.6 Å². The van der Waals surface area contributed by atoms with Crippen molar-refractivity contribution in [3.8, 4) is 11.8 Å². The predicted octanol–water partition coefficient (Wildman–Crippen LogP) is 7.67. The molecule has 9 heteroatoms. The minimum Gasteiger partial charge on any atom is -0.490 e. The van der Waals surface area contributed by atoms with E-state index < -0.39 is 29.9 Å². The summed E-state index contributed by atoms with van der Waals surface area (Å²) >= 11 is 0. The summed E-state index contributed by atoms with van der Waals surface area (Å²) in [4.78, 5) is 2.46. The Kier molecular flexibility index (Phi) is 7.08. The summed E-state index contributed by atoms with van der Waals surface area (Å²) in [6, 6.07) is 11.1. The summed E-state index contributed by atoms with van der Waals surface area (Å²) in [6.45, 7) is 0.812. The van der Waals surface area contributed by atoms with Gasteiger partial charge in [-0.1, -0.05) is 24.3 Å². The van der Waals surface area contributed by atoms with E-state index in [0.29, 0.717) is 23.9 Å². The first-order chi connectivity index (χ1) is 17.5. The van der Waals surface area contributed by atoms with Gasteiger partial charge in [0.2, 0.25) is 0 Å².